The molecule has 1 aliphatic heterocycles. The van der Waals surface area contributed by atoms with Gasteiger partial charge in [0.25, 0.3) is 0 Å². The van der Waals surface area contributed by atoms with E-state index in [1.165, 1.54) is 6.07 Å². The molecule has 0 spiro atoms. The second kappa shape index (κ2) is 8.98. The first-order valence-corrected chi connectivity index (χ1v) is 10.6. The Morgan fingerprint density at radius 2 is 2.00 bits per heavy atom. The molecule has 0 unspecified atom stereocenters. The first kappa shape index (κ1) is 21.2. The number of nitrogens with zero attached hydrogens (tertiary/aromatic N) is 4. The molecule has 2 heterocycles. The molecule has 1 fully saturated rings. The molecule has 0 bridgehead atoms. The van der Waals surface area contributed by atoms with Crippen molar-refractivity contribution >= 4 is 11.6 Å². The van der Waals surface area contributed by atoms with Crippen LogP contribution in [0.5, 0.6) is 0 Å². The van der Waals surface area contributed by atoms with Gasteiger partial charge in [-0.3, -0.25) is 4.79 Å². The minimum atomic E-state index is -0.403. The van der Waals surface area contributed by atoms with Gasteiger partial charge in [-0.1, -0.05) is 25.1 Å². The van der Waals surface area contributed by atoms with Crippen LogP contribution in [0.4, 0.5) is 10.1 Å². The summed E-state index contributed by atoms with van der Waals surface area (Å²) in [5.41, 5.74) is 2.80. The lowest BCUT2D eigenvalue weighted by Gasteiger charge is -2.40. The third-order valence-corrected chi connectivity index (χ3v) is 5.58. The van der Waals surface area contributed by atoms with Gasteiger partial charge in [0.15, 0.2) is 0 Å². The maximum Gasteiger partial charge on any atom is 0.247 e. The van der Waals surface area contributed by atoms with Crippen molar-refractivity contribution in [3.8, 4) is 11.5 Å². The van der Waals surface area contributed by atoms with Gasteiger partial charge in [-0.05, 0) is 49.7 Å². The molecule has 4 rings (SSSR count). The number of hydrogen-bond acceptors (Lipinski definition) is 5. The zero-order valence-corrected chi connectivity index (χ0v) is 18.1. The average Bonchev–Trinajstić information content (AvgIpc) is 3.15. The van der Waals surface area contributed by atoms with Gasteiger partial charge >= 0.3 is 0 Å². The summed E-state index contributed by atoms with van der Waals surface area (Å²) in [6.45, 7) is 8.49. The van der Waals surface area contributed by atoms with Crippen LogP contribution in [0.3, 0.4) is 0 Å². The van der Waals surface area contributed by atoms with Crippen LogP contribution >= 0.6 is 0 Å². The Morgan fingerprint density at radius 3 is 2.65 bits per heavy atom. The molecule has 1 aromatic heterocycles. The largest absolute Gasteiger partial charge is 0.421 e. The number of anilines is 1. The van der Waals surface area contributed by atoms with Crippen LogP contribution in [-0.4, -0.2) is 40.6 Å². The van der Waals surface area contributed by atoms with Crippen LogP contribution in [0, 0.1) is 25.6 Å². The third kappa shape index (κ3) is 4.66. The molecular formula is C24H27FN4O2. The van der Waals surface area contributed by atoms with Gasteiger partial charge in [0.05, 0.1) is 12.5 Å². The lowest BCUT2D eigenvalue weighted by atomic mass is 9.97. The summed E-state index contributed by atoms with van der Waals surface area (Å²) in [4.78, 5) is 17.3. The van der Waals surface area contributed by atoms with E-state index < -0.39 is 5.82 Å². The van der Waals surface area contributed by atoms with E-state index in [4.69, 9.17) is 4.42 Å². The minimum Gasteiger partial charge on any atom is -0.421 e. The lowest BCUT2D eigenvalue weighted by Crippen LogP contribution is -2.54. The fourth-order valence-corrected chi connectivity index (χ4v) is 3.93. The fourth-order valence-electron chi connectivity index (χ4n) is 3.93. The van der Waals surface area contributed by atoms with Crippen molar-refractivity contribution in [2.24, 2.45) is 5.92 Å². The van der Waals surface area contributed by atoms with Crippen molar-refractivity contribution in [2.75, 3.05) is 24.5 Å². The second-order valence-electron chi connectivity index (χ2n) is 8.15. The molecule has 0 N–H and O–H groups in total. The van der Waals surface area contributed by atoms with E-state index in [-0.39, 0.29) is 24.3 Å². The Bertz CT molecular complexity index is 1070. The third-order valence-electron chi connectivity index (χ3n) is 5.58. The Hall–Kier alpha value is -3.06. The Kier molecular flexibility index (Phi) is 6.13. The first-order chi connectivity index (χ1) is 14.9. The van der Waals surface area contributed by atoms with Crippen molar-refractivity contribution in [3.05, 3.63) is 65.3 Å². The van der Waals surface area contributed by atoms with E-state index in [1.807, 2.05) is 31.2 Å². The molecule has 1 amide bonds. The monoisotopic (exact) mass is 422 g/mol. The van der Waals surface area contributed by atoms with Crippen LogP contribution in [0.15, 0.2) is 46.9 Å². The molecule has 6 nitrogen and oxygen atoms in total. The minimum absolute atomic E-state index is 0.0361. The van der Waals surface area contributed by atoms with Gasteiger partial charge in [-0.2, -0.15) is 0 Å². The van der Waals surface area contributed by atoms with E-state index in [0.29, 0.717) is 17.0 Å². The molecule has 0 atom stereocenters. The zero-order valence-electron chi connectivity index (χ0n) is 18.1. The Balaban J connectivity index is 1.58. The molecule has 2 aromatic carbocycles. The van der Waals surface area contributed by atoms with Crippen molar-refractivity contribution in [2.45, 2.75) is 33.7 Å². The van der Waals surface area contributed by atoms with Gasteiger partial charge in [0.2, 0.25) is 17.7 Å². The maximum absolute atomic E-state index is 15.0. The molecule has 0 aliphatic carbocycles. The van der Waals surface area contributed by atoms with Crippen molar-refractivity contribution in [1.82, 2.24) is 15.1 Å². The number of amides is 1. The number of halogens is 1. The molecule has 31 heavy (non-hydrogen) atoms. The standard InChI is InChI=1S/C24H27FN4O2/c1-4-10-28-13-20(14-28)24(30)29(21-7-5-6-16(2)11-21)15-19-9-8-18(12-22(19)25)23-27-26-17(3)31-23/h5-9,11-12,20H,4,10,13-15H2,1-3H3. The van der Waals surface area contributed by atoms with Crippen molar-refractivity contribution in [3.63, 3.8) is 0 Å². The summed E-state index contributed by atoms with van der Waals surface area (Å²) < 4.78 is 20.4. The van der Waals surface area contributed by atoms with Crippen LogP contribution in [-0.2, 0) is 11.3 Å². The number of benzene rings is 2. The predicted octanol–water partition coefficient (Wildman–Crippen LogP) is 4.37. The van der Waals surface area contributed by atoms with Gasteiger partial charge in [0.1, 0.15) is 5.82 Å². The van der Waals surface area contributed by atoms with Crippen LogP contribution in [0.1, 0.15) is 30.4 Å². The first-order valence-electron chi connectivity index (χ1n) is 10.6. The van der Waals surface area contributed by atoms with Gasteiger partial charge in [-0.15, -0.1) is 10.2 Å². The van der Waals surface area contributed by atoms with Crippen LogP contribution < -0.4 is 4.90 Å². The van der Waals surface area contributed by atoms with Crippen LogP contribution in [0.2, 0.25) is 0 Å². The molecule has 1 saturated heterocycles. The molecule has 1 aliphatic rings. The Labute approximate surface area is 181 Å². The topological polar surface area (TPSA) is 62.5 Å². The number of aromatic nitrogens is 2. The number of rotatable bonds is 7. The van der Waals surface area contributed by atoms with E-state index in [0.717, 1.165) is 37.3 Å². The molecule has 0 radical (unpaired) electrons. The summed E-state index contributed by atoms with van der Waals surface area (Å²) in [6.07, 6.45) is 1.07. The Morgan fingerprint density at radius 1 is 1.19 bits per heavy atom. The number of carbonyl (C=O) groups is 1. The highest BCUT2D eigenvalue weighted by Gasteiger charge is 2.35. The SMILES string of the molecule is CCCN1CC(C(=O)N(Cc2ccc(-c3nnc(C)o3)cc2F)c2cccc(C)c2)C1. The molecule has 0 saturated carbocycles. The number of aryl methyl sites for hydroxylation is 2. The lowest BCUT2D eigenvalue weighted by molar-refractivity contribution is -0.127. The summed E-state index contributed by atoms with van der Waals surface area (Å²) in [5.74, 6) is 0.276. The second-order valence-corrected chi connectivity index (χ2v) is 8.15. The summed E-state index contributed by atoms with van der Waals surface area (Å²) >= 11 is 0. The highest BCUT2D eigenvalue weighted by molar-refractivity contribution is 5.96. The number of likely N-dealkylation sites (tertiary alicyclic amines) is 1. The van der Waals surface area contributed by atoms with Gasteiger partial charge in [-0.25, -0.2) is 4.39 Å². The summed E-state index contributed by atoms with van der Waals surface area (Å²) in [5, 5.41) is 7.74. The van der Waals surface area contributed by atoms with E-state index >= 15 is 0 Å². The van der Waals surface area contributed by atoms with Gasteiger partial charge in [0, 0.05) is 36.8 Å². The number of hydrogen-bond donors (Lipinski definition) is 0. The molecular weight excluding hydrogens is 395 g/mol. The molecule has 162 valence electrons. The average molecular weight is 423 g/mol. The van der Waals surface area contributed by atoms with Crippen molar-refractivity contribution < 1.29 is 13.6 Å². The van der Waals surface area contributed by atoms with E-state index in [1.54, 1.807) is 24.0 Å². The van der Waals surface area contributed by atoms with E-state index in [9.17, 15) is 9.18 Å². The van der Waals surface area contributed by atoms with Gasteiger partial charge < -0.3 is 14.2 Å². The van der Waals surface area contributed by atoms with Crippen molar-refractivity contribution in [1.29, 1.82) is 0 Å². The summed E-state index contributed by atoms with van der Waals surface area (Å²) in [6, 6.07) is 12.6. The highest BCUT2D eigenvalue weighted by atomic mass is 19.1. The quantitative estimate of drug-likeness (QED) is 0.566. The van der Waals surface area contributed by atoms with E-state index in [2.05, 4.69) is 22.0 Å². The normalized spacial score (nSPS) is 14.5. The smallest absolute Gasteiger partial charge is 0.247 e. The molecule has 3 aromatic rings. The highest BCUT2D eigenvalue weighted by Crippen LogP contribution is 2.27. The number of carbonyl (C=O) groups excluding carboxylic acids is 1. The van der Waals surface area contributed by atoms with Crippen LogP contribution in [0.25, 0.3) is 11.5 Å². The fraction of sp³-hybridized carbons (Fsp3) is 0.375. The zero-order chi connectivity index (χ0) is 22.0. The predicted molar refractivity (Wildman–Crippen MR) is 117 cm³/mol. The molecule has 7 heteroatoms. The summed E-state index contributed by atoms with van der Waals surface area (Å²) in [7, 11) is 0. The maximum atomic E-state index is 15.0.